The monoisotopic (exact) mass is 279 g/mol. The van der Waals surface area contributed by atoms with Crippen molar-refractivity contribution in [2.24, 2.45) is 0 Å². The van der Waals surface area contributed by atoms with Gasteiger partial charge in [-0.1, -0.05) is 23.7 Å². The molecular formula is C14H11ClFNO2. The minimum absolute atomic E-state index is 0.00840. The van der Waals surface area contributed by atoms with Gasteiger partial charge in [-0.15, -0.1) is 0 Å². The summed E-state index contributed by atoms with van der Waals surface area (Å²) in [6.07, 6.45) is 2.85. The van der Waals surface area contributed by atoms with Crippen LogP contribution in [0.25, 0.3) is 0 Å². The van der Waals surface area contributed by atoms with E-state index in [4.69, 9.17) is 16.3 Å². The number of ketones is 1. The zero-order chi connectivity index (χ0) is 13.8. The second kappa shape index (κ2) is 5.80. The van der Waals surface area contributed by atoms with Gasteiger partial charge < -0.3 is 4.74 Å². The summed E-state index contributed by atoms with van der Waals surface area (Å²) >= 11 is 5.67. The molecule has 3 nitrogen and oxygen atoms in total. The molecule has 0 atom stereocenters. The van der Waals surface area contributed by atoms with Crippen LogP contribution in [0.4, 0.5) is 4.39 Å². The topological polar surface area (TPSA) is 39.2 Å². The molecule has 0 saturated carbocycles. The number of hydrogen-bond donors (Lipinski definition) is 0. The Hall–Kier alpha value is -1.94. The van der Waals surface area contributed by atoms with E-state index in [0.29, 0.717) is 11.3 Å². The largest absolute Gasteiger partial charge is 0.495 e. The van der Waals surface area contributed by atoms with Gasteiger partial charge in [0.25, 0.3) is 0 Å². The van der Waals surface area contributed by atoms with Crippen LogP contribution in [0.3, 0.4) is 0 Å². The Balaban J connectivity index is 2.23. The van der Waals surface area contributed by atoms with E-state index < -0.39 is 5.82 Å². The van der Waals surface area contributed by atoms with Gasteiger partial charge >= 0.3 is 0 Å². The fraction of sp³-hybridized carbons (Fsp3) is 0.143. The second-order valence-electron chi connectivity index (χ2n) is 3.93. The van der Waals surface area contributed by atoms with Gasteiger partial charge in [0.1, 0.15) is 11.6 Å². The summed E-state index contributed by atoms with van der Waals surface area (Å²) < 4.78 is 18.7. The maximum absolute atomic E-state index is 13.7. The molecule has 0 bridgehead atoms. The predicted octanol–water partition coefficient (Wildman–Crippen LogP) is 3.31. The van der Waals surface area contributed by atoms with Crippen molar-refractivity contribution in [2.45, 2.75) is 6.42 Å². The normalized spacial score (nSPS) is 10.3. The predicted molar refractivity (Wildman–Crippen MR) is 70.2 cm³/mol. The van der Waals surface area contributed by atoms with Crippen molar-refractivity contribution in [3.63, 3.8) is 0 Å². The Kier molecular flexibility index (Phi) is 4.12. The highest BCUT2D eigenvalue weighted by molar-refractivity contribution is 6.30. The Labute approximate surface area is 115 Å². The number of pyridine rings is 1. The van der Waals surface area contributed by atoms with Crippen molar-refractivity contribution in [1.82, 2.24) is 4.98 Å². The van der Waals surface area contributed by atoms with Crippen LogP contribution >= 0.6 is 11.6 Å². The van der Waals surface area contributed by atoms with Crippen LogP contribution in [-0.2, 0) is 6.42 Å². The summed E-state index contributed by atoms with van der Waals surface area (Å²) in [6.45, 7) is 0. The zero-order valence-electron chi connectivity index (χ0n) is 10.2. The molecular weight excluding hydrogens is 269 g/mol. The first-order valence-electron chi connectivity index (χ1n) is 5.57. The molecule has 0 radical (unpaired) electrons. The van der Waals surface area contributed by atoms with Gasteiger partial charge in [-0.3, -0.25) is 9.78 Å². The molecule has 0 N–H and O–H groups in total. The van der Waals surface area contributed by atoms with Crippen molar-refractivity contribution in [3.05, 3.63) is 58.6 Å². The number of Topliss-reactive ketones (excluding diaryl/α,β-unsaturated/α-hetero) is 1. The fourth-order valence-electron chi connectivity index (χ4n) is 1.64. The van der Waals surface area contributed by atoms with E-state index in [9.17, 15) is 9.18 Å². The van der Waals surface area contributed by atoms with Gasteiger partial charge in [0, 0.05) is 18.2 Å². The minimum Gasteiger partial charge on any atom is -0.495 e. The standard InChI is InChI=1S/C14H11ClFNO2/c1-19-11-5-10(7-17-8-11)13(18)6-9-3-2-4-12(15)14(9)16/h2-5,7-8H,6H2,1H3. The van der Waals surface area contributed by atoms with E-state index in [-0.39, 0.29) is 22.8 Å². The third kappa shape index (κ3) is 3.09. The molecule has 1 heterocycles. The number of aromatic nitrogens is 1. The summed E-state index contributed by atoms with van der Waals surface area (Å²) in [6, 6.07) is 6.15. The molecule has 0 spiro atoms. The highest BCUT2D eigenvalue weighted by atomic mass is 35.5. The lowest BCUT2D eigenvalue weighted by Crippen LogP contribution is -2.06. The first-order valence-corrected chi connectivity index (χ1v) is 5.94. The van der Waals surface area contributed by atoms with E-state index in [1.54, 1.807) is 12.1 Å². The third-order valence-corrected chi connectivity index (χ3v) is 2.95. The molecule has 0 saturated heterocycles. The van der Waals surface area contributed by atoms with E-state index in [0.717, 1.165) is 0 Å². The summed E-state index contributed by atoms with van der Waals surface area (Å²) in [5, 5.41) is 0.00840. The molecule has 19 heavy (non-hydrogen) atoms. The van der Waals surface area contributed by atoms with Crippen LogP contribution in [0, 0.1) is 5.82 Å². The van der Waals surface area contributed by atoms with Gasteiger partial charge in [0.15, 0.2) is 5.78 Å². The van der Waals surface area contributed by atoms with Crippen LogP contribution in [0.5, 0.6) is 5.75 Å². The van der Waals surface area contributed by atoms with E-state index >= 15 is 0 Å². The number of nitrogens with zero attached hydrogens (tertiary/aromatic N) is 1. The highest BCUT2D eigenvalue weighted by Crippen LogP contribution is 2.20. The van der Waals surface area contributed by atoms with Crippen LogP contribution in [0.15, 0.2) is 36.7 Å². The molecule has 2 rings (SSSR count). The number of ether oxygens (including phenoxy) is 1. The van der Waals surface area contributed by atoms with Crippen LogP contribution in [0.2, 0.25) is 5.02 Å². The first kappa shape index (κ1) is 13.5. The smallest absolute Gasteiger partial charge is 0.169 e. The number of carbonyl (C=O) groups excluding carboxylic acids is 1. The van der Waals surface area contributed by atoms with Gasteiger partial charge in [-0.25, -0.2) is 4.39 Å². The van der Waals surface area contributed by atoms with Crippen molar-refractivity contribution >= 4 is 17.4 Å². The molecule has 0 aliphatic rings. The lowest BCUT2D eigenvalue weighted by atomic mass is 10.0. The van der Waals surface area contributed by atoms with E-state index in [2.05, 4.69) is 4.98 Å². The molecule has 0 aliphatic carbocycles. The minimum atomic E-state index is -0.562. The fourth-order valence-corrected chi connectivity index (χ4v) is 1.84. The third-order valence-electron chi connectivity index (χ3n) is 2.65. The number of halogens is 2. The average Bonchev–Trinajstić information content (AvgIpc) is 2.44. The van der Waals surface area contributed by atoms with E-state index in [1.165, 1.54) is 31.6 Å². The van der Waals surface area contributed by atoms with Gasteiger partial charge in [0.05, 0.1) is 18.3 Å². The number of benzene rings is 1. The molecule has 98 valence electrons. The Morgan fingerprint density at radius 2 is 2.21 bits per heavy atom. The molecule has 0 unspecified atom stereocenters. The summed E-state index contributed by atoms with van der Waals surface area (Å²) in [5.41, 5.74) is 0.638. The molecule has 1 aromatic heterocycles. The maximum atomic E-state index is 13.7. The van der Waals surface area contributed by atoms with Gasteiger partial charge in [-0.2, -0.15) is 0 Å². The van der Waals surface area contributed by atoms with Crippen LogP contribution < -0.4 is 4.74 Å². The Morgan fingerprint density at radius 3 is 2.95 bits per heavy atom. The van der Waals surface area contributed by atoms with Gasteiger partial charge in [-0.05, 0) is 17.7 Å². The zero-order valence-corrected chi connectivity index (χ0v) is 10.9. The number of rotatable bonds is 4. The number of hydrogen-bond acceptors (Lipinski definition) is 3. The van der Waals surface area contributed by atoms with Crippen molar-refractivity contribution in [2.75, 3.05) is 7.11 Å². The summed E-state index contributed by atoms with van der Waals surface area (Å²) in [7, 11) is 1.49. The molecule has 0 aliphatic heterocycles. The maximum Gasteiger partial charge on any atom is 0.169 e. The number of carbonyl (C=O) groups is 1. The second-order valence-corrected chi connectivity index (χ2v) is 4.33. The molecule has 0 fully saturated rings. The molecule has 0 amide bonds. The quantitative estimate of drug-likeness (QED) is 0.806. The highest BCUT2D eigenvalue weighted by Gasteiger charge is 2.13. The lowest BCUT2D eigenvalue weighted by Gasteiger charge is -2.05. The first-order chi connectivity index (χ1) is 9.11. The molecule has 2 aromatic rings. The van der Waals surface area contributed by atoms with Crippen LogP contribution in [0.1, 0.15) is 15.9 Å². The summed E-state index contributed by atoms with van der Waals surface area (Å²) in [5.74, 6) is -0.321. The average molecular weight is 280 g/mol. The molecule has 5 heteroatoms. The van der Waals surface area contributed by atoms with Gasteiger partial charge in [0.2, 0.25) is 0 Å². The van der Waals surface area contributed by atoms with E-state index in [1.807, 2.05) is 0 Å². The Bertz CT molecular complexity index is 616. The number of methoxy groups -OCH3 is 1. The van der Waals surface area contributed by atoms with Crippen molar-refractivity contribution < 1.29 is 13.9 Å². The summed E-state index contributed by atoms with van der Waals surface area (Å²) in [4.78, 5) is 15.9. The lowest BCUT2D eigenvalue weighted by molar-refractivity contribution is 0.0991. The van der Waals surface area contributed by atoms with Crippen molar-refractivity contribution in [3.8, 4) is 5.75 Å². The van der Waals surface area contributed by atoms with Crippen molar-refractivity contribution in [1.29, 1.82) is 0 Å². The SMILES string of the molecule is COc1cncc(C(=O)Cc2cccc(Cl)c2F)c1. The molecule has 1 aromatic carbocycles. The van der Waals surface area contributed by atoms with Crippen LogP contribution in [-0.4, -0.2) is 17.9 Å². The Morgan fingerprint density at radius 1 is 1.42 bits per heavy atom.